The number of benzene rings is 1. The number of carbonyl (C=O) groups is 2. The second-order valence-corrected chi connectivity index (χ2v) is 7.83. The van der Waals surface area contributed by atoms with Crippen LogP contribution in [0.25, 0.3) is 11.0 Å². The van der Waals surface area contributed by atoms with E-state index >= 15 is 0 Å². The molecular weight excluding hydrogens is 413 g/mol. The Morgan fingerprint density at radius 2 is 2.00 bits per heavy atom. The molecule has 1 aromatic carbocycles. The number of halogens is 1. The number of hydrogen-bond acceptors (Lipinski definition) is 5. The van der Waals surface area contributed by atoms with Crippen LogP contribution < -0.4 is 5.56 Å². The lowest BCUT2D eigenvalue weighted by Gasteiger charge is -2.31. The first kappa shape index (κ1) is 21.7. The summed E-state index contributed by atoms with van der Waals surface area (Å²) in [6.07, 6.45) is 2.90. The molecule has 0 radical (unpaired) electrons. The molecule has 166 valence electrons. The van der Waals surface area contributed by atoms with Gasteiger partial charge in [0.1, 0.15) is 17.0 Å². The Kier molecular flexibility index (Phi) is 6.30. The van der Waals surface area contributed by atoms with E-state index in [1.54, 1.807) is 48.4 Å². The van der Waals surface area contributed by atoms with Crippen LogP contribution in [0, 0.1) is 11.7 Å². The highest BCUT2D eigenvalue weighted by atomic mass is 19.1. The van der Waals surface area contributed by atoms with E-state index in [0.717, 1.165) is 0 Å². The molecular formula is C24H24FN3O4. The van der Waals surface area contributed by atoms with Gasteiger partial charge in [-0.2, -0.15) is 0 Å². The number of likely N-dealkylation sites (tertiary alicyclic amines) is 1. The van der Waals surface area contributed by atoms with Crippen molar-refractivity contribution in [2.24, 2.45) is 5.92 Å². The number of amides is 1. The Bertz CT molecular complexity index is 1210. The summed E-state index contributed by atoms with van der Waals surface area (Å²) in [6.45, 7) is 2.88. The molecule has 0 bridgehead atoms. The van der Waals surface area contributed by atoms with Crippen LogP contribution in [0.1, 0.15) is 35.7 Å². The van der Waals surface area contributed by atoms with Gasteiger partial charge in [0.05, 0.1) is 19.1 Å². The summed E-state index contributed by atoms with van der Waals surface area (Å²) in [5.74, 6) is -1.49. The zero-order chi connectivity index (χ0) is 22.7. The number of rotatable bonds is 5. The summed E-state index contributed by atoms with van der Waals surface area (Å²) in [7, 11) is 0. The zero-order valence-electron chi connectivity index (χ0n) is 17.8. The molecule has 8 heteroatoms. The number of esters is 1. The van der Waals surface area contributed by atoms with Crippen molar-refractivity contribution in [2.75, 3.05) is 19.7 Å². The predicted octanol–water partition coefficient (Wildman–Crippen LogP) is 3.00. The highest BCUT2D eigenvalue weighted by Crippen LogP contribution is 2.21. The van der Waals surface area contributed by atoms with Gasteiger partial charge >= 0.3 is 5.97 Å². The van der Waals surface area contributed by atoms with Gasteiger partial charge in [-0.1, -0.05) is 12.1 Å². The van der Waals surface area contributed by atoms with Crippen molar-refractivity contribution in [3.63, 3.8) is 0 Å². The molecule has 0 spiro atoms. The predicted molar refractivity (Wildman–Crippen MR) is 117 cm³/mol. The second kappa shape index (κ2) is 9.30. The Hall–Kier alpha value is -3.55. The van der Waals surface area contributed by atoms with E-state index in [4.69, 9.17) is 4.74 Å². The van der Waals surface area contributed by atoms with E-state index in [9.17, 15) is 18.8 Å². The van der Waals surface area contributed by atoms with Gasteiger partial charge in [0.25, 0.3) is 11.5 Å². The summed E-state index contributed by atoms with van der Waals surface area (Å²) in [5, 5.41) is 0.650. The first-order valence-corrected chi connectivity index (χ1v) is 10.7. The summed E-state index contributed by atoms with van der Waals surface area (Å²) in [4.78, 5) is 44.7. The lowest BCUT2D eigenvalue weighted by molar-refractivity contribution is -0.149. The molecule has 4 rings (SSSR count). The summed E-state index contributed by atoms with van der Waals surface area (Å²) in [5.41, 5.74) is 0.715. The molecule has 1 aliphatic heterocycles. The Balaban J connectivity index is 1.70. The van der Waals surface area contributed by atoms with Gasteiger partial charge in [-0.3, -0.25) is 19.0 Å². The standard InChI is InChI=1S/C24H24FN3O4/c1-2-32-24(31)18-6-4-12-27(15-18)22(29)20-13-17-5-3-11-26-21(17)28(23(20)30)14-16-7-9-19(25)10-8-16/h3,5,7-11,13,18H,2,4,6,12,14-15H2,1H3/t18-/m1/s1. The monoisotopic (exact) mass is 437 g/mol. The molecule has 0 saturated carbocycles. The second-order valence-electron chi connectivity index (χ2n) is 7.83. The topological polar surface area (TPSA) is 81.5 Å². The van der Waals surface area contributed by atoms with E-state index in [2.05, 4.69) is 4.98 Å². The quantitative estimate of drug-likeness (QED) is 0.573. The fraction of sp³-hybridized carbons (Fsp3) is 0.333. The van der Waals surface area contributed by atoms with Crippen molar-refractivity contribution in [3.05, 3.63) is 76.0 Å². The minimum Gasteiger partial charge on any atom is -0.466 e. The molecule has 3 aromatic rings. The van der Waals surface area contributed by atoms with Crippen molar-refractivity contribution in [1.29, 1.82) is 0 Å². The largest absolute Gasteiger partial charge is 0.466 e. The molecule has 1 aliphatic rings. The van der Waals surface area contributed by atoms with Crippen LogP contribution >= 0.6 is 0 Å². The van der Waals surface area contributed by atoms with Gasteiger partial charge in [-0.05, 0) is 55.7 Å². The first-order valence-electron chi connectivity index (χ1n) is 10.7. The van der Waals surface area contributed by atoms with E-state index in [0.29, 0.717) is 36.0 Å². The van der Waals surface area contributed by atoms with Crippen molar-refractivity contribution in [2.45, 2.75) is 26.3 Å². The van der Waals surface area contributed by atoms with Gasteiger partial charge in [0, 0.05) is 24.7 Å². The average molecular weight is 437 g/mol. The lowest BCUT2D eigenvalue weighted by Crippen LogP contribution is -2.44. The molecule has 0 N–H and O–H groups in total. The maximum Gasteiger partial charge on any atom is 0.310 e. The van der Waals surface area contributed by atoms with Gasteiger partial charge in [-0.15, -0.1) is 0 Å². The number of nitrogens with zero attached hydrogens (tertiary/aromatic N) is 3. The van der Waals surface area contributed by atoms with Crippen LogP contribution in [0.3, 0.4) is 0 Å². The van der Waals surface area contributed by atoms with Crippen LogP contribution in [0.4, 0.5) is 4.39 Å². The number of pyridine rings is 2. The maximum atomic E-state index is 13.4. The van der Waals surface area contributed by atoms with E-state index in [1.165, 1.54) is 16.7 Å². The number of carbonyl (C=O) groups excluding carboxylic acids is 2. The van der Waals surface area contributed by atoms with Gasteiger partial charge in [-0.25, -0.2) is 9.37 Å². The van der Waals surface area contributed by atoms with Crippen molar-refractivity contribution in [3.8, 4) is 0 Å². The lowest BCUT2D eigenvalue weighted by atomic mass is 9.97. The van der Waals surface area contributed by atoms with Crippen molar-refractivity contribution < 1.29 is 18.7 Å². The van der Waals surface area contributed by atoms with Gasteiger partial charge in [0.15, 0.2) is 0 Å². The molecule has 2 aromatic heterocycles. The first-order chi connectivity index (χ1) is 15.5. The van der Waals surface area contributed by atoms with Gasteiger partial charge < -0.3 is 9.64 Å². The van der Waals surface area contributed by atoms with E-state index in [1.807, 2.05) is 0 Å². The fourth-order valence-electron chi connectivity index (χ4n) is 4.06. The highest BCUT2D eigenvalue weighted by Gasteiger charge is 2.31. The van der Waals surface area contributed by atoms with Crippen LogP contribution in [0.5, 0.6) is 0 Å². The summed E-state index contributed by atoms with van der Waals surface area (Å²) in [6, 6.07) is 10.9. The summed E-state index contributed by atoms with van der Waals surface area (Å²) < 4.78 is 19.9. The van der Waals surface area contributed by atoms with Crippen molar-refractivity contribution >= 4 is 22.9 Å². The molecule has 1 atom stereocenters. The van der Waals surface area contributed by atoms with Gasteiger partial charge in [0.2, 0.25) is 0 Å². The van der Waals surface area contributed by atoms with E-state index < -0.39 is 17.4 Å². The molecule has 3 heterocycles. The van der Waals surface area contributed by atoms with Crippen LogP contribution in [-0.2, 0) is 16.1 Å². The van der Waals surface area contributed by atoms with Crippen LogP contribution in [-0.4, -0.2) is 46.0 Å². The number of ether oxygens (including phenoxy) is 1. The smallest absolute Gasteiger partial charge is 0.310 e. The van der Waals surface area contributed by atoms with Crippen LogP contribution in [0.15, 0.2) is 53.5 Å². The average Bonchev–Trinajstić information content (AvgIpc) is 2.82. The molecule has 0 aliphatic carbocycles. The maximum absolute atomic E-state index is 13.4. The fourth-order valence-corrected chi connectivity index (χ4v) is 4.06. The third-order valence-corrected chi connectivity index (χ3v) is 5.66. The highest BCUT2D eigenvalue weighted by molar-refractivity contribution is 5.97. The third-order valence-electron chi connectivity index (χ3n) is 5.66. The van der Waals surface area contributed by atoms with Crippen LogP contribution in [0.2, 0.25) is 0 Å². The third kappa shape index (κ3) is 4.39. The number of piperidine rings is 1. The molecule has 32 heavy (non-hydrogen) atoms. The number of hydrogen-bond donors (Lipinski definition) is 0. The Morgan fingerprint density at radius 1 is 1.22 bits per heavy atom. The molecule has 7 nitrogen and oxygen atoms in total. The summed E-state index contributed by atoms with van der Waals surface area (Å²) >= 11 is 0. The Morgan fingerprint density at radius 3 is 2.75 bits per heavy atom. The Labute approximate surface area is 184 Å². The molecule has 1 fully saturated rings. The van der Waals surface area contributed by atoms with E-state index in [-0.39, 0.29) is 37.0 Å². The molecule has 1 saturated heterocycles. The number of fused-ring (bicyclic) bond motifs is 1. The minimum absolute atomic E-state index is 0.0251. The number of aromatic nitrogens is 2. The molecule has 0 unspecified atom stereocenters. The SMILES string of the molecule is CCOC(=O)[C@@H]1CCCN(C(=O)c2cc3cccnc3n(Cc3ccc(F)cc3)c2=O)C1. The van der Waals surface area contributed by atoms with Crippen molar-refractivity contribution in [1.82, 2.24) is 14.5 Å². The minimum atomic E-state index is -0.469. The molecule has 1 amide bonds. The normalized spacial score (nSPS) is 16.2. The zero-order valence-corrected chi connectivity index (χ0v) is 17.8.